The molecule has 1 aromatic rings. The van der Waals surface area contributed by atoms with Gasteiger partial charge < -0.3 is 9.64 Å². The Hall–Kier alpha value is -0.750. The van der Waals surface area contributed by atoms with Crippen LogP contribution in [-0.2, 0) is 16.5 Å². The highest BCUT2D eigenvalue weighted by atomic mass is 79.9. The van der Waals surface area contributed by atoms with Gasteiger partial charge in [-0.15, -0.1) is 0 Å². The first-order valence-electron chi connectivity index (χ1n) is 5.63. The Morgan fingerprint density at radius 1 is 1.44 bits per heavy atom. The van der Waals surface area contributed by atoms with E-state index in [4.69, 9.17) is 4.74 Å². The Kier molecular flexibility index (Phi) is 3.60. The number of benzene rings is 1. The third-order valence-corrected chi connectivity index (χ3v) is 4.02. The summed E-state index contributed by atoms with van der Waals surface area (Å²) in [5, 5.41) is 0. The molecule has 0 unspecified atom stereocenters. The number of thiol groups is 1. The summed E-state index contributed by atoms with van der Waals surface area (Å²) < 4.78 is 28.4. The van der Waals surface area contributed by atoms with E-state index < -0.39 is 10.7 Å². The van der Waals surface area contributed by atoms with Crippen molar-refractivity contribution in [3.8, 4) is 5.75 Å². The van der Waals surface area contributed by atoms with Crippen molar-refractivity contribution in [3.63, 3.8) is 0 Å². The predicted molar refractivity (Wildman–Crippen MR) is 76.1 cm³/mol. The van der Waals surface area contributed by atoms with Gasteiger partial charge in [0.1, 0.15) is 16.3 Å². The standard InChI is InChI=1S/C12H16BrNO3S/c1-12(2)7-14(3)10-5-8(6-18(15)16)4-9(13)11(10)17-12/h4-5,18H,6-7H2,1-3H3. The lowest BCUT2D eigenvalue weighted by Gasteiger charge is -2.39. The van der Waals surface area contributed by atoms with Gasteiger partial charge in [-0.05, 0) is 47.5 Å². The Balaban J connectivity index is 2.48. The van der Waals surface area contributed by atoms with Crippen LogP contribution < -0.4 is 9.64 Å². The lowest BCUT2D eigenvalue weighted by molar-refractivity contribution is 0.106. The molecule has 6 heteroatoms. The minimum atomic E-state index is -2.42. The largest absolute Gasteiger partial charge is 0.483 e. The smallest absolute Gasteiger partial charge is 0.157 e. The van der Waals surface area contributed by atoms with E-state index in [2.05, 4.69) is 20.8 Å². The number of hydrogen-bond acceptors (Lipinski definition) is 4. The molecule has 0 atom stereocenters. The van der Waals surface area contributed by atoms with Gasteiger partial charge >= 0.3 is 0 Å². The van der Waals surface area contributed by atoms with Crippen molar-refractivity contribution in [3.05, 3.63) is 22.2 Å². The van der Waals surface area contributed by atoms with Crippen LogP contribution in [0, 0.1) is 0 Å². The molecular weight excluding hydrogens is 318 g/mol. The molecule has 1 aliphatic heterocycles. The van der Waals surface area contributed by atoms with Crippen LogP contribution in [0.1, 0.15) is 19.4 Å². The van der Waals surface area contributed by atoms with E-state index in [-0.39, 0.29) is 11.4 Å². The van der Waals surface area contributed by atoms with Gasteiger partial charge in [0.25, 0.3) is 0 Å². The number of fused-ring (bicyclic) bond motifs is 1. The van der Waals surface area contributed by atoms with Crippen molar-refractivity contribution in [2.24, 2.45) is 0 Å². The quantitative estimate of drug-likeness (QED) is 0.842. The zero-order valence-corrected chi connectivity index (χ0v) is 13.0. The third kappa shape index (κ3) is 2.80. The van der Waals surface area contributed by atoms with Crippen LogP contribution in [0.5, 0.6) is 5.75 Å². The fourth-order valence-corrected chi connectivity index (χ4v) is 3.28. The molecule has 0 bridgehead atoms. The Labute approximate surface area is 117 Å². The molecule has 0 amide bonds. The van der Waals surface area contributed by atoms with Gasteiger partial charge in [-0.3, -0.25) is 0 Å². The number of nitrogens with zero attached hydrogens (tertiary/aromatic N) is 1. The van der Waals surface area contributed by atoms with Gasteiger partial charge in [-0.1, -0.05) is 0 Å². The fraction of sp³-hybridized carbons (Fsp3) is 0.500. The molecule has 0 N–H and O–H groups in total. The summed E-state index contributed by atoms with van der Waals surface area (Å²) in [7, 11) is -0.433. The predicted octanol–water partition coefficient (Wildman–Crippen LogP) is 2.17. The van der Waals surface area contributed by atoms with E-state index in [0.29, 0.717) is 0 Å². The number of ether oxygens (including phenoxy) is 1. The van der Waals surface area contributed by atoms with E-state index in [1.807, 2.05) is 27.0 Å². The molecule has 0 radical (unpaired) electrons. The molecule has 0 saturated heterocycles. The molecule has 18 heavy (non-hydrogen) atoms. The normalized spacial score (nSPS) is 17.5. The second-order valence-corrected chi connectivity index (χ2v) is 6.97. The maximum Gasteiger partial charge on any atom is 0.157 e. The maximum atomic E-state index is 10.8. The Morgan fingerprint density at radius 3 is 2.72 bits per heavy atom. The van der Waals surface area contributed by atoms with Gasteiger partial charge in [0.15, 0.2) is 5.75 Å². The second kappa shape index (κ2) is 4.74. The zero-order valence-electron chi connectivity index (χ0n) is 10.6. The first-order chi connectivity index (χ1) is 8.28. The Bertz CT molecular complexity index is 546. The van der Waals surface area contributed by atoms with E-state index in [0.717, 1.165) is 28.0 Å². The summed E-state index contributed by atoms with van der Waals surface area (Å²) in [5.41, 5.74) is 1.44. The molecule has 0 fully saturated rings. The molecule has 1 aromatic carbocycles. The summed E-state index contributed by atoms with van der Waals surface area (Å²) in [6, 6.07) is 3.68. The number of hydrogen-bond donors (Lipinski definition) is 1. The average molecular weight is 334 g/mol. The number of rotatable bonds is 2. The molecule has 0 aliphatic carbocycles. The molecule has 2 rings (SSSR count). The highest BCUT2D eigenvalue weighted by Crippen LogP contribution is 2.42. The molecule has 0 aromatic heterocycles. The van der Waals surface area contributed by atoms with Gasteiger partial charge in [0.2, 0.25) is 0 Å². The molecule has 0 spiro atoms. The summed E-state index contributed by atoms with van der Waals surface area (Å²) in [6.07, 6.45) is 0. The lowest BCUT2D eigenvalue weighted by Crippen LogP contribution is -2.45. The molecule has 0 saturated carbocycles. The van der Waals surface area contributed by atoms with Gasteiger partial charge in [-0.2, -0.15) is 0 Å². The van der Waals surface area contributed by atoms with Crippen LogP contribution in [0.4, 0.5) is 5.69 Å². The van der Waals surface area contributed by atoms with Crippen molar-refractivity contribution in [1.82, 2.24) is 0 Å². The van der Waals surface area contributed by atoms with Crippen LogP contribution in [0.25, 0.3) is 0 Å². The number of likely N-dealkylation sites (N-methyl/N-ethyl adjacent to an activating group) is 1. The summed E-state index contributed by atoms with van der Waals surface area (Å²) in [6.45, 7) is 4.82. The van der Waals surface area contributed by atoms with Crippen molar-refractivity contribution < 1.29 is 13.2 Å². The number of anilines is 1. The monoisotopic (exact) mass is 333 g/mol. The van der Waals surface area contributed by atoms with Crippen LogP contribution >= 0.6 is 15.9 Å². The second-order valence-electron chi connectivity index (χ2n) is 5.13. The summed E-state index contributed by atoms with van der Waals surface area (Å²) in [4.78, 5) is 2.09. The third-order valence-electron chi connectivity index (χ3n) is 2.80. The first-order valence-corrected chi connectivity index (χ1v) is 7.78. The highest BCUT2D eigenvalue weighted by Gasteiger charge is 2.31. The minimum absolute atomic E-state index is 0.0540. The van der Waals surface area contributed by atoms with Crippen LogP contribution in [0.3, 0.4) is 0 Å². The van der Waals surface area contributed by atoms with Crippen molar-refractivity contribution in [2.75, 3.05) is 18.5 Å². The Morgan fingerprint density at radius 2 is 2.11 bits per heavy atom. The van der Waals surface area contributed by atoms with Gasteiger partial charge in [0, 0.05) is 7.05 Å². The SMILES string of the molecule is CN1CC(C)(C)Oc2c(Br)cc(C[SH](=O)=O)cc21. The number of halogens is 1. The maximum absolute atomic E-state index is 10.8. The minimum Gasteiger partial charge on any atom is -0.483 e. The topological polar surface area (TPSA) is 46.6 Å². The molecule has 1 heterocycles. The van der Waals surface area contributed by atoms with Crippen LogP contribution in [-0.4, -0.2) is 27.6 Å². The molecular formula is C12H16BrNO3S. The summed E-state index contributed by atoms with van der Waals surface area (Å²) >= 11 is 3.45. The van der Waals surface area contributed by atoms with Gasteiger partial charge in [0.05, 0.1) is 22.5 Å². The summed E-state index contributed by atoms with van der Waals surface area (Å²) in [5.74, 6) is 0.831. The first kappa shape index (κ1) is 13.7. The lowest BCUT2D eigenvalue weighted by atomic mass is 10.0. The van der Waals surface area contributed by atoms with E-state index in [9.17, 15) is 8.42 Å². The van der Waals surface area contributed by atoms with Crippen molar-refractivity contribution in [2.45, 2.75) is 25.2 Å². The fourth-order valence-electron chi connectivity index (χ4n) is 2.22. The molecule has 1 aliphatic rings. The zero-order chi connectivity index (χ0) is 13.5. The van der Waals surface area contributed by atoms with Crippen LogP contribution in [0.15, 0.2) is 16.6 Å². The average Bonchev–Trinajstić information content (AvgIpc) is 2.18. The van der Waals surface area contributed by atoms with E-state index >= 15 is 0 Å². The van der Waals surface area contributed by atoms with Crippen LogP contribution in [0.2, 0.25) is 0 Å². The molecule has 100 valence electrons. The van der Waals surface area contributed by atoms with Crippen molar-refractivity contribution in [1.29, 1.82) is 0 Å². The van der Waals surface area contributed by atoms with E-state index in [1.54, 1.807) is 6.07 Å². The highest BCUT2D eigenvalue weighted by molar-refractivity contribution is 9.10. The van der Waals surface area contributed by atoms with Gasteiger partial charge in [-0.25, -0.2) is 8.42 Å². The van der Waals surface area contributed by atoms with Crippen molar-refractivity contribution >= 4 is 32.3 Å². The molecule has 4 nitrogen and oxygen atoms in total. The van der Waals surface area contributed by atoms with E-state index in [1.165, 1.54) is 0 Å².